The van der Waals surface area contributed by atoms with Crippen molar-refractivity contribution in [3.63, 3.8) is 0 Å². The van der Waals surface area contributed by atoms with E-state index >= 15 is 0 Å². The molecule has 0 N–H and O–H groups in total. The zero-order valence-electron chi connectivity index (χ0n) is 7.31. The number of rotatable bonds is 0. The van der Waals surface area contributed by atoms with E-state index in [1.807, 2.05) is 0 Å². The molecule has 0 amide bonds. The topological polar surface area (TPSA) is 0 Å². The maximum atomic E-state index is 13.5. The average molecular weight is 282 g/mol. The van der Waals surface area contributed by atoms with Gasteiger partial charge in [0.2, 0.25) is 0 Å². The monoisotopic (exact) mass is 282 g/mol. The van der Waals surface area contributed by atoms with Crippen LogP contribution >= 0.6 is 22.6 Å². The molecule has 2 saturated carbocycles. The van der Waals surface area contributed by atoms with E-state index in [1.165, 1.54) is 19.3 Å². The number of hydrogen-bond donors (Lipinski definition) is 0. The van der Waals surface area contributed by atoms with Crippen LogP contribution in [0.1, 0.15) is 38.5 Å². The van der Waals surface area contributed by atoms with Crippen molar-refractivity contribution in [1.82, 2.24) is 0 Å². The molecule has 0 saturated heterocycles. The van der Waals surface area contributed by atoms with Crippen LogP contribution in [-0.4, -0.2) is 10.1 Å². The van der Waals surface area contributed by atoms with Crippen molar-refractivity contribution in [1.29, 1.82) is 0 Å². The van der Waals surface area contributed by atoms with Gasteiger partial charge in [0.25, 0.3) is 0 Å². The highest BCUT2D eigenvalue weighted by Gasteiger charge is 2.39. The van der Waals surface area contributed by atoms with Crippen LogP contribution in [-0.2, 0) is 0 Å². The van der Waals surface area contributed by atoms with E-state index in [0.29, 0.717) is 11.8 Å². The Bertz CT molecular complexity index is 142. The molecule has 2 aliphatic rings. The van der Waals surface area contributed by atoms with E-state index < -0.39 is 6.17 Å². The van der Waals surface area contributed by atoms with Gasteiger partial charge < -0.3 is 0 Å². The molecular weight excluding hydrogens is 266 g/mol. The van der Waals surface area contributed by atoms with Crippen LogP contribution in [0.4, 0.5) is 4.39 Å². The second kappa shape index (κ2) is 3.81. The average Bonchev–Trinajstić information content (AvgIpc) is 2.12. The zero-order chi connectivity index (χ0) is 8.55. The third-order valence-corrected chi connectivity index (χ3v) is 5.07. The lowest BCUT2D eigenvalue weighted by Crippen LogP contribution is -2.38. The molecule has 0 aromatic heterocycles. The Hall–Kier alpha value is 0.660. The predicted molar refractivity (Wildman–Crippen MR) is 57.4 cm³/mol. The van der Waals surface area contributed by atoms with Crippen molar-refractivity contribution in [2.75, 3.05) is 0 Å². The van der Waals surface area contributed by atoms with E-state index in [1.54, 1.807) is 0 Å². The van der Waals surface area contributed by atoms with Gasteiger partial charge in [0.1, 0.15) is 6.17 Å². The molecule has 0 aromatic rings. The van der Waals surface area contributed by atoms with Crippen LogP contribution in [0.3, 0.4) is 0 Å². The smallest absolute Gasteiger partial charge is 0.103 e. The molecule has 0 aromatic carbocycles. The van der Waals surface area contributed by atoms with Gasteiger partial charge in [0, 0.05) is 3.92 Å². The van der Waals surface area contributed by atoms with Gasteiger partial charge in [0.05, 0.1) is 0 Å². The van der Waals surface area contributed by atoms with Crippen molar-refractivity contribution in [2.45, 2.75) is 48.6 Å². The van der Waals surface area contributed by atoms with Gasteiger partial charge in [-0.25, -0.2) is 4.39 Å². The van der Waals surface area contributed by atoms with Crippen LogP contribution in [0.15, 0.2) is 0 Å². The summed E-state index contributed by atoms with van der Waals surface area (Å²) in [5, 5.41) is 0. The van der Waals surface area contributed by atoms with E-state index in [9.17, 15) is 4.39 Å². The van der Waals surface area contributed by atoms with Gasteiger partial charge in [-0.2, -0.15) is 0 Å². The van der Waals surface area contributed by atoms with E-state index in [0.717, 1.165) is 23.2 Å². The molecule has 2 aliphatic carbocycles. The lowest BCUT2D eigenvalue weighted by atomic mass is 9.70. The predicted octanol–water partition coefficient (Wildman–Crippen LogP) is 3.73. The summed E-state index contributed by atoms with van der Waals surface area (Å²) in [6.07, 6.45) is 6.53. The first-order chi connectivity index (χ1) is 5.79. The maximum Gasteiger partial charge on any atom is 0.103 e. The molecule has 0 radical (unpaired) electrons. The Morgan fingerprint density at radius 1 is 0.917 bits per heavy atom. The molecule has 2 heteroatoms. The fourth-order valence-electron chi connectivity index (χ4n) is 2.83. The largest absolute Gasteiger partial charge is 0.247 e. The van der Waals surface area contributed by atoms with E-state index in [2.05, 4.69) is 22.6 Å². The molecular formula is C10H16FI. The van der Waals surface area contributed by atoms with Crippen LogP contribution in [0.25, 0.3) is 0 Å². The third-order valence-electron chi connectivity index (χ3n) is 3.52. The molecule has 70 valence electrons. The summed E-state index contributed by atoms with van der Waals surface area (Å²) in [6, 6.07) is 0. The Kier molecular flexibility index (Phi) is 2.93. The lowest BCUT2D eigenvalue weighted by molar-refractivity contribution is 0.0801. The SMILES string of the molecule is FC1CCC(I)C2CCCCC12. The zero-order valence-corrected chi connectivity index (χ0v) is 9.47. The molecule has 2 rings (SSSR count). The Balaban J connectivity index is 2.05. The molecule has 0 aliphatic heterocycles. The molecule has 0 nitrogen and oxygen atoms in total. The first-order valence-electron chi connectivity index (χ1n) is 5.07. The summed E-state index contributed by atoms with van der Waals surface area (Å²) in [6.45, 7) is 0. The van der Waals surface area contributed by atoms with Gasteiger partial charge in [-0.3, -0.25) is 0 Å². The summed E-state index contributed by atoms with van der Waals surface area (Å²) in [5.74, 6) is 1.14. The van der Waals surface area contributed by atoms with Gasteiger partial charge in [0.15, 0.2) is 0 Å². The van der Waals surface area contributed by atoms with Gasteiger partial charge in [-0.1, -0.05) is 35.4 Å². The first-order valence-corrected chi connectivity index (χ1v) is 6.32. The lowest BCUT2D eigenvalue weighted by Gasteiger charge is -2.41. The standard InChI is InChI=1S/C10H16FI/c11-9-5-6-10(12)8-4-2-1-3-7(8)9/h7-10H,1-6H2. The van der Waals surface area contributed by atoms with E-state index in [4.69, 9.17) is 0 Å². The molecule has 12 heavy (non-hydrogen) atoms. The second-order valence-electron chi connectivity index (χ2n) is 4.22. The first kappa shape index (κ1) is 9.22. The fourth-order valence-corrected chi connectivity index (χ4v) is 4.09. The Labute approximate surface area is 87.4 Å². The van der Waals surface area contributed by atoms with Crippen molar-refractivity contribution >= 4 is 22.6 Å². The summed E-state index contributed by atoms with van der Waals surface area (Å²) < 4.78 is 14.3. The normalized spacial score (nSPS) is 48.5. The summed E-state index contributed by atoms with van der Waals surface area (Å²) >= 11 is 2.53. The minimum Gasteiger partial charge on any atom is -0.247 e. The quantitative estimate of drug-likeness (QED) is 0.469. The van der Waals surface area contributed by atoms with Crippen molar-refractivity contribution < 1.29 is 4.39 Å². The molecule has 0 bridgehead atoms. The molecule has 0 heterocycles. The van der Waals surface area contributed by atoms with Gasteiger partial charge in [-0.05, 0) is 37.5 Å². The number of halogens is 2. The van der Waals surface area contributed by atoms with Gasteiger partial charge >= 0.3 is 0 Å². The number of fused-ring (bicyclic) bond motifs is 1. The third kappa shape index (κ3) is 1.64. The Morgan fingerprint density at radius 2 is 1.58 bits per heavy atom. The highest BCUT2D eigenvalue weighted by molar-refractivity contribution is 14.1. The fraction of sp³-hybridized carbons (Fsp3) is 1.00. The molecule has 4 unspecified atom stereocenters. The highest BCUT2D eigenvalue weighted by Crippen LogP contribution is 2.44. The van der Waals surface area contributed by atoms with Crippen molar-refractivity contribution in [2.24, 2.45) is 11.8 Å². The molecule has 4 atom stereocenters. The van der Waals surface area contributed by atoms with Crippen LogP contribution in [0, 0.1) is 11.8 Å². The van der Waals surface area contributed by atoms with Crippen molar-refractivity contribution in [3.05, 3.63) is 0 Å². The number of hydrogen-bond acceptors (Lipinski definition) is 0. The highest BCUT2D eigenvalue weighted by atomic mass is 127. The molecule has 0 spiro atoms. The summed E-state index contributed by atoms with van der Waals surface area (Å²) in [4.78, 5) is 0. The Morgan fingerprint density at radius 3 is 2.25 bits per heavy atom. The molecule has 2 fully saturated rings. The summed E-state index contributed by atoms with van der Waals surface area (Å²) in [7, 11) is 0. The summed E-state index contributed by atoms with van der Waals surface area (Å²) in [5.41, 5.74) is 0. The van der Waals surface area contributed by atoms with Crippen molar-refractivity contribution in [3.8, 4) is 0 Å². The van der Waals surface area contributed by atoms with Crippen LogP contribution in [0.2, 0.25) is 0 Å². The minimum absolute atomic E-state index is 0.425. The van der Waals surface area contributed by atoms with Crippen LogP contribution in [0.5, 0.6) is 0 Å². The maximum absolute atomic E-state index is 13.5. The minimum atomic E-state index is -0.471. The second-order valence-corrected chi connectivity index (χ2v) is 5.82. The number of alkyl halides is 2. The van der Waals surface area contributed by atoms with Gasteiger partial charge in [-0.15, -0.1) is 0 Å². The van der Waals surface area contributed by atoms with E-state index in [-0.39, 0.29) is 0 Å². The van der Waals surface area contributed by atoms with Crippen LogP contribution < -0.4 is 0 Å².